The molecule has 0 radical (unpaired) electrons. The minimum Gasteiger partial charge on any atom is -0.292 e. The largest absolute Gasteiger partial charge is 0.292 e. The zero-order valence-corrected chi connectivity index (χ0v) is 40.6. The van der Waals surface area contributed by atoms with Gasteiger partial charge in [0, 0.05) is 22.1 Å². The molecule has 1 aromatic heterocycles. The number of benzene rings is 10. The highest BCUT2D eigenvalue weighted by atomic mass is 15.1. The van der Waals surface area contributed by atoms with Gasteiger partial charge in [-0.2, -0.15) is 0 Å². The van der Waals surface area contributed by atoms with E-state index in [9.17, 15) is 0 Å². The number of fused-ring (bicyclic) bond motifs is 8. The average molecular weight is 909 g/mol. The summed E-state index contributed by atoms with van der Waals surface area (Å²) < 4.78 is 2.29. The Hall–Kier alpha value is -8.33. The van der Waals surface area contributed by atoms with Crippen LogP contribution in [-0.4, -0.2) is 9.55 Å². The third-order valence-corrected chi connectivity index (χ3v) is 16.3. The van der Waals surface area contributed by atoms with E-state index in [-0.39, 0.29) is 10.8 Å². The molecule has 0 saturated heterocycles. The lowest BCUT2D eigenvalue weighted by atomic mass is 9.78. The summed E-state index contributed by atoms with van der Waals surface area (Å²) in [5.41, 5.74) is 25.0. The van der Waals surface area contributed by atoms with E-state index in [2.05, 4.69) is 251 Å². The first kappa shape index (κ1) is 41.6. The second-order valence-corrected chi connectivity index (χ2v) is 21.0. The number of aromatic nitrogens is 2. The van der Waals surface area contributed by atoms with Gasteiger partial charge in [-0.3, -0.25) is 4.57 Å². The van der Waals surface area contributed by atoms with Crippen molar-refractivity contribution in [3.63, 3.8) is 0 Å². The normalized spacial score (nSPS) is 15.0. The van der Waals surface area contributed by atoms with Crippen molar-refractivity contribution in [2.24, 2.45) is 0 Å². The molecule has 0 N–H and O–H groups in total. The van der Waals surface area contributed by atoms with Gasteiger partial charge in [-0.25, -0.2) is 4.98 Å². The molecule has 0 fully saturated rings. The van der Waals surface area contributed by atoms with E-state index in [1.807, 2.05) is 0 Å². The summed E-state index contributed by atoms with van der Waals surface area (Å²) in [5, 5.41) is 5.01. The van der Waals surface area contributed by atoms with Gasteiger partial charge in [0.15, 0.2) is 0 Å². The molecule has 0 amide bonds. The molecule has 14 rings (SSSR count). The molecule has 1 heterocycles. The molecular formula is C69H52N2. The Bertz CT molecular complexity index is 4070. The fraction of sp³-hybridized carbons (Fsp3) is 0.116. The Balaban J connectivity index is 1.04. The lowest BCUT2D eigenvalue weighted by Crippen LogP contribution is -2.16. The predicted molar refractivity (Wildman–Crippen MR) is 299 cm³/mol. The molecule has 0 saturated carbocycles. The fourth-order valence-electron chi connectivity index (χ4n) is 12.7. The van der Waals surface area contributed by atoms with E-state index >= 15 is 0 Å². The minimum absolute atomic E-state index is 0.0904. The van der Waals surface area contributed by atoms with Crippen LogP contribution in [-0.2, 0) is 10.8 Å². The van der Waals surface area contributed by atoms with Crippen molar-refractivity contribution < 1.29 is 0 Å². The third-order valence-electron chi connectivity index (χ3n) is 16.3. The number of allylic oxidation sites excluding steroid dienone is 4. The predicted octanol–water partition coefficient (Wildman–Crippen LogP) is 18.4. The quantitative estimate of drug-likeness (QED) is 0.152. The molecule has 71 heavy (non-hydrogen) atoms. The van der Waals surface area contributed by atoms with E-state index in [1.165, 1.54) is 99.5 Å². The zero-order chi connectivity index (χ0) is 47.6. The Morgan fingerprint density at radius 3 is 1.63 bits per heavy atom. The van der Waals surface area contributed by atoms with Crippen molar-refractivity contribution in [3.8, 4) is 72.7 Å². The average Bonchev–Trinajstić information content (AvgIpc) is 4.00. The molecule has 11 aromatic rings. The van der Waals surface area contributed by atoms with Gasteiger partial charge in [-0.15, -0.1) is 0 Å². The third kappa shape index (κ3) is 6.30. The molecule has 0 bridgehead atoms. The number of nitrogens with zero attached hydrogens (tertiary/aromatic N) is 2. The van der Waals surface area contributed by atoms with E-state index < -0.39 is 0 Å². The lowest BCUT2D eigenvalue weighted by molar-refractivity contribution is 0.651. The van der Waals surface area contributed by atoms with Crippen LogP contribution in [0.2, 0.25) is 0 Å². The van der Waals surface area contributed by atoms with Gasteiger partial charge in [-0.1, -0.05) is 198 Å². The summed E-state index contributed by atoms with van der Waals surface area (Å²) in [5.74, 6) is 0.932. The summed E-state index contributed by atoms with van der Waals surface area (Å²) in [6.45, 7) is 9.62. The first-order valence-corrected chi connectivity index (χ1v) is 25.3. The van der Waals surface area contributed by atoms with Gasteiger partial charge in [-0.05, 0) is 172 Å². The first-order chi connectivity index (χ1) is 34.7. The van der Waals surface area contributed by atoms with Crippen LogP contribution in [0.15, 0.2) is 224 Å². The SMILES string of the molecule is CC1(C)C2=C(CCC=C2)c2ccc(-c3c4ccc(-c5ccc6c(c5)nc(-c5ccccc5)n6-c5ccccc5)cc4c(-c4ccc5c(c4)C(C)(C)c4ccccc4-5)c4ccc(-c5ccccc5)cc34)cc21. The van der Waals surface area contributed by atoms with Crippen molar-refractivity contribution in [2.45, 2.75) is 51.4 Å². The molecule has 338 valence electrons. The van der Waals surface area contributed by atoms with E-state index in [1.54, 1.807) is 0 Å². The molecule has 2 nitrogen and oxygen atoms in total. The van der Waals surface area contributed by atoms with Gasteiger partial charge in [0.2, 0.25) is 0 Å². The van der Waals surface area contributed by atoms with Crippen LogP contribution in [0.25, 0.3) is 111 Å². The number of para-hydroxylation sites is 1. The summed E-state index contributed by atoms with van der Waals surface area (Å²) in [6, 6.07) is 77.0. The van der Waals surface area contributed by atoms with Gasteiger partial charge in [0.05, 0.1) is 11.0 Å². The van der Waals surface area contributed by atoms with Crippen LogP contribution < -0.4 is 0 Å². The molecule has 3 aliphatic rings. The molecule has 0 unspecified atom stereocenters. The van der Waals surface area contributed by atoms with Crippen molar-refractivity contribution in [1.29, 1.82) is 0 Å². The first-order valence-electron chi connectivity index (χ1n) is 25.3. The number of rotatable bonds is 6. The zero-order valence-electron chi connectivity index (χ0n) is 40.6. The maximum absolute atomic E-state index is 5.39. The van der Waals surface area contributed by atoms with Gasteiger partial charge in [0.25, 0.3) is 0 Å². The van der Waals surface area contributed by atoms with Crippen LogP contribution >= 0.6 is 0 Å². The lowest BCUT2D eigenvalue weighted by Gasteiger charge is -2.25. The molecule has 10 aromatic carbocycles. The highest BCUT2D eigenvalue weighted by Crippen LogP contribution is 2.54. The highest BCUT2D eigenvalue weighted by molar-refractivity contribution is 6.23. The van der Waals surface area contributed by atoms with Crippen molar-refractivity contribution in [1.82, 2.24) is 9.55 Å². The Morgan fingerprint density at radius 1 is 0.408 bits per heavy atom. The standard InChI is InChI=1S/C69H52N2/c1-68(2)59-26-16-14-24-51(59)53-33-30-48(40-61(53)68)65-56-36-29-46(47-32-37-64-63(42-47)70-67(44-20-10-6-11-21-44)71(64)50-22-12-7-13-23-50)39-58(56)66(55-35-28-45(38-57(55)65)43-18-8-5-9-19-43)49-31-34-54-52-25-15-17-27-60(52)69(3,4)62(54)41-49/h5-13,15-23,25-42H,14,24H2,1-4H3. The molecule has 2 heteroatoms. The van der Waals surface area contributed by atoms with Crippen molar-refractivity contribution in [3.05, 3.63) is 246 Å². The van der Waals surface area contributed by atoms with Crippen LogP contribution in [0.1, 0.15) is 62.8 Å². The van der Waals surface area contributed by atoms with Crippen LogP contribution in [0.4, 0.5) is 0 Å². The fourth-order valence-corrected chi connectivity index (χ4v) is 12.7. The van der Waals surface area contributed by atoms with Crippen molar-refractivity contribution >= 4 is 38.2 Å². The van der Waals surface area contributed by atoms with E-state index in [0.29, 0.717) is 0 Å². The van der Waals surface area contributed by atoms with Crippen molar-refractivity contribution in [2.75, 3.05) is 0 Å². The molecule has 0 atom stereocenters. The highest BCUT2D eigenvalue weighted by Gasteiger charge is 2.38. The van der Waals surface area contributed by atoms with Gasteiger partial charge >= 0.3 is 0 Å². The maximum Gasteiger partial charge on any atom is 0.145 e. The summed E-state index contributed by atoms with van der Waals surface area (Å²) in [4.78, 5) is 5.39. The number of imidazole rings is 1. The number of hydrogen-bond donors (Lipinski definition) is 0. The minimum atomic E-state index is -0.143. The molecule has 0 aliphatic heterocycles. The molecule has 0 spiro atoms. The molecular weight excluding hydrogens is 857 g/mol. The van der Waals surface area contributed by atoms with Crippen LogP contribution in [0.5, 0.6) is 0 Å². The second-order valence-electron chi connectivity index (χ2n) is 21.0. The summed E-state index contributed by atoms with van der Waals surface area (Å²) in [7, 11) is 0. The van der Waals surface area contributed by atoms with E-state index in [0.717, 1.165) is 52.1 Å². The van der Waals surface area contributed by atoms with Gasteiger partial charge < -0.3 is 0 Å². The smallest absolute Gasteiger partial charge is 0.145 e. The molecule has 3 aliphatic carbocycles. The van der Waals surface area contributed by atoms with Crippen LogP contribution in [0, 0.1) is 0 Å². The monoisotopic (exact) mass is 908 g/mol. The summed E-state index contributed by atoms with van der Waals surface area (Å²) >= 11 is 0. The van der Waals surface area contributed by atoms with Crippen LogP contribution in [0.3, 0.4) is 0 Å². The maximum atomic E-state index is 5.39. The Labute approximate surface area is 415 Å². The second kappa shape index (κ2) is 15.6. The Kier molecular flexibility index (Phi) is 9.14. The summed E-state index contributed by atoms with van der Waals surface area (Å²) in [6.07, 6.45) is 6.96. The Morgan fingerprint density at radius 2 is 0.944 bits per heavy atom. The topological polar surface area (TPSA) is 17.8 Å². The number of hydrogen-bond acceptors (Lipinski definition) is 1. The van der Waals surface area contributed by atoms with E-state index in [4.69, 9.17) is 4.98 Å². The van der Waals surface area contributed by atoms with Gasteiger partial charge in [0.1, 0.15) is 5.82 Å².